The van der Waals surface area contributed by atoms with Crippen LogP contribution in [-0.4, -0.2) is 20.8 Å². The fourth-order valence-electron chi connectivity index (χ4n) is 2.71. The Morgan fingerprint density at radius 1 is 1.20 bits per heavy atom. The molecule has 30 heavy (non-hydrogen) atoms. The molecule has 0 atom stereocenters. The van der Waals surface area contributed by atoms with Gasteiger partial charge in [0.25, 0.3) is 5.91 Å². The van der Waals surface area contributed by atoms with Crippen molar-refractivity contribution in [2.24, 2.45) is 0 Å². The molecule has 0 N–H and O–H groups in total. The molecule has 0 radical (unpaired) electrons. The predicted molar refractivity (Wildman–Crippen MR) is 115 cm³/mol. The van der Waals surface area contributed by atoms with Crippen molar-refractivity contribution >= 4 is 55.0 Å². The number of pyridine rings is 1. The number of aromatic nitrogens is 2. The third-order valence-electron chi connectivity index (χ3n) is 4.10. The third kappa shape index (κ3) is 4.24. The van der Waals surface area contributed by atoms with Gasteiger partial charge in [-0.2, -0.15) is 0 Å². The van der Waals surface area contributed by atoms with Gasteiger partial charge in [-0.1, -0.05) is 34.8 Å². The summed E-state index contributed by atoms with van der Waals surface area (Å²) in [6, 6.07) is 11.2. The maximum atomic E-state index is 14.1. The van der Waals surface area contributed by atoms with Crippen LogP contribution in [0.4, 0.5) is 14.5 Å². The van der Waals surface area contributed by atoms with Crippen LogP contribution in [0.2, 0.25) is 0 Å². The molecule has 0 aliphatic carbocycles. The number of nitrogens with zero attached hydrogens (tertiary/aromatic N) is 4. The number of benzene rings is 1. The summed E-state index contributed by atoms with van der Waals surface area (Å²) in [6.45, 7) is 0.197. The number of amides is 1. The maximum absolute atomic E-state index is 14.1. The molecule has 0 aliphatic heterocycles. The average Bonchev–Trinajstić information content (AvgIpc) is 3.39. The number of halogens is 1. The first kappa shape index (κ1) is 19.8. The van der Waals surface area contributed by atoms with E-state index in [4.69, 9.17) is 0 Å². The number of carbonyl (C=O) groups excluding carboxylic acids is 1. The van der Waals surface area contributed by atoms with Gasteiger partial charge in [-0.15, -0.1) is 0 Å². The fourth-order valence-corrected chi connectivity index (χ4v) is 4.42. The molecule has 3 aromatic heterocycles. The topological polar surface area (TPSA) is 89.2 Å². The SMILES string of the molecule is O=C(C=Cc1ccc([N+](=O)[O-])s1)N(Cc1cccnc1)c1nc2c(F)cccc2s1. The van der Waals surface area contributed by atoms with Crippen molar-refractivity contribution in [1.82, 2.24) is 9.97 Å². The summed E-state index contributed by atoms with van der Waals surface area (Å²) in [5.74, 6) is -0.834. The van der Waals surface area contributed by atoms with E-state index in [0.29, 0.717) is 14.7 Å². The Morgan fingerprint density at radius 3 is 2.77 bits per heavy atom. The summed E-state index contributed by atoms with van der Waals surface area (Å²) in [7, 11) is 0. The summed E-state index contributed by atoms with van der Waals surface area (Å²) >= 11 is 2.18. The quantitative estimate of drug-likeness (QED) is 0.238. The van der Waals surface area contributed by atoms with E-state index in [1.165, 1.54) is 40.5 Å². The van der Waals surface area contributed by atoms with Crippen molar-refractivity contribution in [3.63, 3.8) is 0 Å². The number of anilines is 1. The monoisotopic (exact) mass is 440 g/mol. The maximum Gasteiger partial charge on any atom is 0.324 e. The molecular formula is C20H13FN4O3S2. The molecule has 0 unspecified atom stereocenters. The Kier molecular flexibility index (Phi) is 5.59. The number of carbonyl (C=O) groups is 1. The number of rotatable bonds is 6. The average molecular weight is 440 g/mol. The second-order valence-corrected chi connectivity index (χ2v) is 8.24. The smallest absolute Gasteiger partial charge is 0.280 e. The minimum Gasteiger partial charge on any atom is -0.280 e. The van der Waals surface area contributed by atoms with Crippen LogP contribution in [0.1, 0.15) is 10.4 Å². The summed E-state index contributed by atoms with van der Waals surface area (Å²) in [5, 5.41) is 11.2. The molecule has 1 aromatic carbocycles. The van der Waals surface area contributed by atoms with Gasteiger partial charge in [0.2, 0.25) is 0 Å². The molecule has 0 aliphatic rings. The van der Waals surface area contributed by atoms with Crippen LogP contribution in [0.15, 0.2) is 60.9 Å². The molecule has 0 saturated carbocycles. The van der Waals surface area contributed by atoms with Crippen molar-refractivity contribution < 1.29 is 14.1 Å². The highest BCUT2D eigenvalue weighted by molar-refractivity contribution is 7.22. The zero-order valence-corrected chi connectivity index (χ0v) is 16.9. The van der Waals surface area contributed by atoms with Gasteiger partial charge in [0.1, 0.15) is 11.3 Å². The van der Waals surface area contributed by atoms with Crippen LogP contribution in [0.3, 0.4) is 0 Å². The number of nitro groups is 1. The van der Waals surface area contributed by atoms with Gasteiger partial charge in [0.15, 0.2) is 5.13 Å². The highest BCUT2D eigenvalue weighted by atomic mass is 32.1. The van der Waals surface area contributed by atoms with Crippen LogP contribution in [0.25, 0.3) is 16.3 Å². The number of thiazole rings is 1. The van der Waals surface area contributed by atoms with Crippen molar-refractivity contribution in [2.75, 3.05) is 4.90 Å². The normalized spacial score (nSPS) is 11.2. The third-order valence-corrected chi connectivity index (χ3v) is 6.15. The molecule has 0 fully saturated rings. The molecule has 150 valence electrons. The number of para-hydroxylation sites is 1. The molecule has 4 rings (SSSR count). The molecule has 4 aromatic rings. The Morgan fingerprint density at radius 2 is 2.07 bits per heavy atom. The van der Waals surface area contributed by atoms with Gasteiger partial charge < -0.3 is 0 Å². The Labute approximate surface area is 177 Å². The lowest BCUT2D eigenvalue weighted by Crippen LogP contribution is -2.28. The molecule has 0 spiro atoms. The van der Waals surface area contributed by atoms with E-state index in [0.717, 1.165) is 16.9 Å². The van der Waals surface area contributed by atoms with Crippen molar-refractivity contribution in [1.29, 1.82) is 0 Å². The second kappa shape index (κ2) is 8.47. The number of thiophene rings is 1. The lowest BCUT2D eigenvalue weighted by molar-refractivity contribution is -0.380. The molecule has 0 saturated heterocycles. The Hall–Kier alpha value is -3.50. The van der Waals surface area contributed by atoms with Gasteiger partial charge in [-0.25, -0.2) is 9.37 Å². The molecule has 0 bridgehead atoms. The summed E-state index contributed by atoms with van der Waals surface area (Å²) in [6.07, 6.45) is 6.12. The highest BCUT2D eigenvalue weighted by Crippen LogP contribution is 2.31. The number of hydrogen-bond acceptors (Lipinski definition) is 7. The highest BCUT2D eigenvalue weighted by Gasteiger charge is 2.20. The van der Waals surface area contributed by atoms with Crippen LogP contribution in [-0.2, 0) is 11.3 Å². The van der Waals surface area contributed by atoms with E-state index in [9.17, 15) is 19.3 Å². The van der Waals surface area contributed by atoms with E-state index < -0.39 is 10.7 Å². The van der Waals surface area contributed by atoms with E-state index in [1.54, 1.807) is 36.7 Å². The van der Waals surface area contributed by atoms with Gasteiger partial charge >= 0.3 is 5.00 Å². The predicted octanol–water partition coefficient (Wildman–Crippen LogP) is 5.05. The van der Waals surface area contributed by atoms with Crippen molar-refractivity contribution in [3.05, 3.63) is 87.3 Å². The summed E-state index contributed by atoms with van der Waals surface area (Å²) in [5.41, 5.74) is 0.991. The Bertz CT molecular complexity index is 1250. The largest absolute Gasteiger partial charge is 0.324 e. The number of fused-ring (bicyclic) bond motifs is 1. The molecule has 10 heteroatoms. The Balaban J connectivity index is 1.66. The van der Waals surface area contributed by atoms with E-state index in [2.05, 4.69) is 9.97 Å². The van der Waals surface area contributed by atoms with Crippen LogP contribution in [0.5, 0.6) is 0 Å². The summed E-state index contributed by atoms with van der Waals surface area (Å²) < 4.78 is 14.7. The first-order valence-electron chi connectivity index (χ1n) is 8.69. The van der Waals surface area contributed by atoms with Crippen LogP contribution < -0.4 is 4.90 Å². The van der Waals surface area contributed by atoms with Crippen molar-refractivity contribution in [2.45, 2.75) is 6.54 Å². The van der Waals surface area contributed by atoms with E-state index in [-0.39, 0.29) is 23.0 Å². The van der Waals surface area contributed by atoms with Gasteiger partial charge in [0.05, 0.1) is 16.2 Å². The molecular weight excluding hydrogens is 427 g/mol. The lowest BCUT2D eigenvalue weighted by Gasteiger charge is -2.18. The van der Waals surface area contributed by atoms with Gasteiger partial charge in [-0.3, -0.25) is 24.8 Å². The van der Waals surface area contributed by atoms with Crippen LogP contribution >= 0.6 is 22.7 Å². The number of hydrogen-bond donors (Lipinski definition) is 0. The van der Waals surface area contributed by atoms with Crippen LogP contribution in [0, 0.1) is 15.9 Å². The molecule has 7 nitrogen and oxygen atoms in total. The zero-order chi connectivity index (χ0) is 21.1. The van der Waals surface area contributed by atoms with Gasteiger partial charge in [0, 0.05) is 29.4 Å². The fraction of sp³-hybridized carbons (Fsp3) is 0.0500. The van der Waals surface area contributed by atoms with E-state index >= 15 is 0 Å². The standard InChI is InChI=1S/C20H13FN4O3S2/c21-15-4-1-5-16-19(15)23-20(30-16)24(12-13-3-2-10-22-11-13)17(26)8-6-14-7-9-18(29-14)25(27)28/h1-11H,12H2. The van der Waals surface area contributed by atoms with E-state index in [1.807, 2.05) is 6.07 Å². The molecule has 3 heterocycles. The zero-order valence-electron chi connectivity index (χ0n) is 15.3. The minimum absolute atomic E-state index is 0.00374. The second-order valence-electron chi connectivity index (χ2n) is 6.14. The molecule has 1 amide bonds. The summed E-state index contributed by atoms with van der Waals surface area (Å²) in [4.78, 5) is 33.7. The first-order chi connectivity index (χ1) is 14.5. The first-order valence-corrected chi connectivity index (χ1v) is 10.3. The lowest BCUT2D eigenvalue weighted by atomic mass is 10.2. The van der Waals surface area contributed by atoms with Gasteiger partial charge in [-0.05, 0) is 35.9 Å². The minimum atomic E-state index is -0.478. The van der Waals surface area contributed by atoms with Crippen molar-refractivity contribution in [3.8, 4) is 0 Å².